The maximum atomic E-state index is 11.5. The molecule has 0 spiro atoms. The maximum absolute atomic E-state index is 11.5. The molecule has 6 nitrogen and oxygen atoms in total. The first-order valence-electron chi connectivity index (χ1n) is 4.98. The van der Waals surface area contributed by atoms with E-state index < -0.39 is 29.4 Å². The van der Waals surface area contributed by atoms with Gasteiger partial charge in [-0.2, -0.15) is 0 Å². The molecule has 2 unspecified atom stereocenters. The molecule has 0 aromatic rings. The molecule has 0 aliphatic heterocycles. The number of nitrogens with two attached hydrogens (primary N) is 1. The van der Waals surface area contributed by atoms with E-state index >= 15 is 0 Å². The minimum atomic E-state index is -1.08. The van der Waals surface area contributed by atoms with Crippen LogP contribution in [0.1, 0.15) is 20.8 Å². The fourth-order valence-electron chi connectivity index (χ4n) is 1.15. The van der Waals surface area contributed by atoms with E-state index in [0.29, 0.717) is 0 Å². The minimum Gasteiger partial charge on any atom is -0.480 e. The number of carboxylic acid groups (broad SMARTS) is 1. The summed E-state index contributed by atoms with van der Waals surface area (Å²) in [6.45, 7) is 5.25. The number of rotatable bonds is 5. The van der Waals surface area contributed by atoms with Crippen molar-refractivity contribution < 1.29 is 19.4 Å². The topological polar surface area (TPSA) is 102 Å². The Bertz CT molecular complexity index is 260. The third-order valence-electron chi connectivity index (χ3n) is 2.08. The zero-order valence-electron chi connectivity index (χ0n) is 10.1. The summed E-state index contributed by atoms with van der Waals surface area (Å²) in [4.78, 5) is 22.5. The van der Waals surface area contributed by atoms with Crippen molar-refractivity contribution in [3.8, 4) is 0 Å². The molecule has 0 heterocycles. The first kappa shape index (κ1) is 14.9. The smallest absolute Gasteiger partial charge is 0.326 e. The third kappa shape index (κ3) is 4.59. The quantitative estimate of drug-likeness (QED) is 0.597. The van der Waals surface area contributed by atoms with E-state index in [9.17, 15) is 9.59 Å². The molecule has 0 bridgehead atoms. The van der Waals surface area contributed by atoms with Gasteiger partial charge in [-0.1, -0.05) is 20.8 Å². The van der Waals surface area contributed by atoms with Gasteiger partial charge < -0.3 is 20.9 Å². The second-order valence-corrected chi connectivity index (χ2v) is 4.71. The zero-order valence-corrected chi connectivity index (χ0v) is 10.1. The highest BCUT2D eigenvalue weighted by molar-refractivity contribution is 5.87. The molecule has 0 aliphatic rings. The van der Waals surface area contributed by atoms with Gasteiger partial charge in [0.25, 0.3) is 0 Å². The van der Waals surface area contributed by atoms with Crippen molar-refractivity contribution in [1.82, 2.24) is 5.32 Å². The molecule has 0 saturated heterocycles. The molecule has 0 aromatic carbocycles. The van der Waals surface area contributed by atoms with Crippen LogP contribution in [-0.4, -0.2) is 42.8 Å². The summed E-state index contributed by atoms with van der Waals surface area (Å²) in [6, 6.07) is -1.82. The monoisotopic (exact) mass is 232 g/mol. The van der Waals surface area contributed by atoms with Crippen LogP contribution in [0.3, 0.4) is 0 Å². The summed E-state index contributed by atoms with van der Waals surface area (Å²) in [5, 5.41) is 11.4. The average molecular weight is 232 g/mol. The maximum Gasteiger partial charge on any atom is 0.326 e. The van der Waals surface area contributed by atoms with E-state index in [-0.39, 0.29) is 6.61 Å². The van der Waals surface area contributed by atoms with Gasteiger partial charge >= 0.3 is 5.97 Å². The molecule has 16 heavy (non-hydrogen) atoms. The lowest BCUT2D eigenvalue weighted by atomic mass is 9.86. The fraction of sp³-hybridized carbons (Fsp3) is 0.800. The van der Waals surface area contributed by atoms with Gasteiger partial charge in [0.05, 0.1) is 6.61 Å². The van der Waals surface area contributed by atoms with Crippen molar-refractivity contribution in [3.05, 3.63) is 0 Å². The van der Waals surface area contributed by atoms with Crippen LogP contribution >= 0.6 is 0 Å². The highest BCUT2D eigenvalue weighted by Gasteiger charge is 2.33. The van der Waals surface area contributed by atoms with Gasteiger partial charge in [0.2, 0.25) is 5.91 Å². The average Bonchev–Trinajstić information content (AvgIpc) is 2.11. The Morgan fingerprint density at radius 3 is 2.25 bits per heavy atom. The van der Waals surface area contributed by atoms with Gasteiger partial charge in [-0.25, -0.2) is 4.79 Å². The second kappa shape index (κ2) is 5.81. The van der Waals surface area contributed by atoms with Crippen molar-refractivity contribution in [3.63, 3.8) is 0 Å². The molecule has 0 aromatic heterocycles. The molecule has 2 atom stereocenters. The minimum absolute atomic E-state index is 0.0579. The van der Waals surface area contributed by atoms with Gasteiger partial charge in [-0.3, -0.25) is 4.79 Å². The molecule has 4 N–H and O–H groups in total. The van der Waals surface area contributed by atoms with Gasteiger partial charge in [0.1, 0.15) is 12.1 Å². The number of ether oxygens (including phenoxy) is 1. The summed E-state index contributed by atoms with van der Waals surface area (Å²) in [7, 11) is 1.42. The predicted molar refractivity (Wildman–Crippen MR) is 58.9 cm³/mol. The molecule has 6 heteroatoms. The van der Waals surface area contributed by atoms with Crippen LogP contribution < -0.4 is 11.1 Å². The second-order valence-electron chi connectivity index (χ2n) is 4.71. The van der Waals surface area contributed by atoms with Gasteiger partial charge in [0, 0.05) is 7.11 Å². The van der Waals surface area contributed by atoms with E-state index in [4.69, 9.17) is 15.6 Å². The number of hydrogen-bond donors (Lipinski definition) is 3. The Morgan fingerprint density at radius 2 is 1.94 bits per heavy atom. The Morgan fingerprint density at radius 1 is 1.44 bits per heavy atom. The van der Waals surface area contributed by atoms with E-state index in [1.54, 1.807) is 20.8 Å². The number of aliphatic carboxylic acids is 1. The third-order valence-corrected chi connectivity index (χ3v) is 2.08. The Labute approximate surface area is 95.1 Å². The summed E-state index contributed by atoms with van der Waals surface area (Å²) in [5.74, 6) is -1.60. The van der Waals surface area contributed by atoms with Crippen molar-refractivity contribution in [2.75, 3.05) is 13.7 Å². The lowest BCUT2D eigenvalue weighted by Crippen LogP contribution is -2.54. The predicted octanol–water partition coefficient (Wildman–Crippen LogP) is -0.424. The highest BCUT2D eigenvalue weighted by Crippen LogP contribution is 2.19. The number of hydrogen-bond acceptors (Lipinski definition) is 4. The number of nitrogens with one attached hydrogen (secondary N) is 1. The van der Waals surface area contributed by atoms with E-state index in [0.717, 1.165) is 0 Å². The molecule has 0 aliphatic carbocycles. The normalized spacial score (nSPS) is 15.3. The molecule has 0 radical (unpaired) electrons. The van der Waals surface area contributed by atoms with Gasteiger partial charge in [0.15, 0.2) is 0 Å². The van der Waals surface area contributed by atoms with E-state index in [1.807, 2.05) is 0 Å². The lowest BCUT2D eigenvalue weighted by Gasteiger charge is -2.28. The number of methoxy groups -OCH3 is 1. The Hall–Kier alpha value is -1.14. The van der Waals surface area contributed by atoms with E-state index in [2.05, 4.69) is 5.32 Å². The first-order valence-corrected chi connectivity index (χ1v) is 4.98. The summed E-state index contributed by atoms with van der Waals surface area (Å²) in [5.41, 5.74) is 4.91. The molecule has 0 saturated carbocycles. The number of carbonyl (C=O) groups excluding carboxylic acids is 1. The number of carbonyl (C=O) groups is 2. The summed E-state index contributed by atoms with van der Waals surface area (Å²) < 4.78 is 4.72. The SMILES string of the molecule is COCC(N)C(=O)NC(C(=O)O)C(C)(C)C. The molecule has 1 amide bonds. The highest BCUT2D eigenvalue weighted by atomic mass is 16.5. The largest absolute Gasteiger partial charge is 0.480 e. The Kier molecular flexibility index (Phi) is 5.40. The molecule has 0 rings (SSSR count). The fourth-order valence-corrected chi connectivity index (χ4v) is 1.15. The van der Waals surface area contributed by atoms with Crippen LogP contribution in [0.5, 0.6) is 0 Å². The number of amides is 1. The van der Waals surface area contributed by atoms with Crippen LogP contribution in [0.4, 0.5) is 0 Å². The van der Waals surface area contributed by atoms with Gasteiger partial charge in [-0.15, -0.1) is 0 Å². The van der Waals surface area contributed by atoms with Crippen LogP contribution in [0.25, 0.3) is 0 Å². The van der Waals surface area contributed by atoms with Crippen LogP contribution in [0.2, 0.25) is 0 Å². The molecular weight excluding hydrogens is 212 g/mol. The van der Waals surface area contributed by atoms with Gasteiger partial charge in [-0.05, 0) is 5.41 Å². The van der Waals surface area contributed by atoms with Crippen molar-refractivity contribution in [2.45, 2.75) is 32.9 Å². The molecular formula is C10H20N2O4. The summed E-state index contributed by atoms with van der Waals surface area (Å²) in [6.07, 6.45) is 0. The van der Waals surface area contributed by atoms with Crippen molar-refractivity contribution in [1.29, 1.82) is 0 Å². The first-order chi connectivity index (χ1) is 7.20. The van der Waals surface area contributed by atoms with Crippen LogP contribution in [0.15, 0.2) is 0 Å². The zero-order chi connectivity index (χ0) is 12.9. The standard InChI is InChI=1S/C10H20N2O4/c1-10(2,3)7(9(14)15)12-8(13)6(11)5-16-4/h6-7H,5,11H2,1-4H3,(H,12,13)(H,14,15). The van der Waals surface area contributed by atoms with Crippen molar-refractivity contribution >= 4 is 11.9 Å². The van der Waals surface area contributed by atoms with Crippen LogP contribution in [-0.2, 0) is 14.3 Å². The Balaban J connectivity index is 4.54. The molecule has 94 valence electrons. The van der Waals surface area contributed by atoms with Crippen molar-refractivity contribution in [2.24, 2.45) is 11.1 Å². The molecule has 0 fully saturated rings. The summed E-state index contributed by atoms with van der Waals surface area (Å²) >= 11 is 0. The number of carboxylic acids is 1. The lowest BCUT2D eigenvalue weighted by molar-refractivity contribution is -0.145. The van der Waals surface area contributed by atoms with Crippen LogP contribution in [0, 0.1) is 5.41 Å². The van der Waals surface area contributed by atoms with E-state index in [1.165, 1.54) is 7.11 Å².